The number of carbonyl (C=O) groups excluding carboxylic acids is 1. The van der Waals surface area contributed by atoms with Gasteiger partial charge in [0.05, 0.1) is 25.9 Å². The third kappa shape index (κ3) is 8.32. The molecule has 3 N–H and O–H groups in total. The maximum absolute atomic E-state index is 12.1. The normalized spacial score (nSPS) is 12.4. The van der Waals surface area contributed by atoms with Crippen molar-refractivity contribution in [3.63, 3.8) is 0 Å². The van der Waals surface area contributed by atoms with Crippen LogP contribution in [0.15, 0.2) is 24.3 Å². The topological polar surface area (TPSA) is 73.6 Å². The van der Waals surface area contributed by atoms with Crippen LogP contribution in [0.4, 0.5) is 5.69 Å². The molecule has 0 spiro atoms. The predicted octanol–water partition coefficient (Wildman–Crippen LogP) is 2.97. The number of nitrogens with two attached hydrogens (primary N) is 1. The van der Waals surface area contributed by atoms with Crippen LogP contribution >= 0.6 is 12.4 Å². The molecule has 23 heavy (non-hydrogen) atoms. The van der Waals surface area contributed by atoms with Gasteiger partial charge in [0, 0.05) is 12.3 Å². The van der Waals surface area contributed by atoms with Gasteiger partial charge in [0.2, 0.25) is 5.91 Å². The van der Waals surface area contributed by atoms with Gasteiger partial charge in [-0.1, -0.05) is 32.9 Å². The number of ether oxygens (including phenoxy) is 2. The molecule has 6 heteroatoms. The third-order valence-electron chi connectivity index (χ3n) is 3.25. The highest BCUT2D eigenvalue weighted by Crippen LogP contribution is 2.19. The molecule has 1 rings (SSSR count). The fourth-order valence-corrected chi connectivity index (χ4v) is 1.80. The lowest BCUT2D eigenvalue weighted by Gasteiger charge is -2.25. The van der Waals surface area contributed by atoms with E-state index < -0.39 is 6.04 Å². The number of hydrogen-bond acceptors (Lipinski definition) is 4. The summed E-state index contributed by atoms with van der Waals surface area (Å²) in [6.45, 7) is 10.1. The minimum Gasteiger partial charge on any atom is -0.379 e. The number of rotatable bonds is 8. The molecule has 0 aliphatic carbocycles. The largest absolute Gasteiger partial charge is 0.379 e. The summed E-state index contributed by atoms with van der Waals surface area (Å²) in [5.41, 5.74) is 7.41. The van der Waals surface area contributed by atoms with Gasteiger partial charge in [0.25, 0.3) is 0 Å². The van der Waals surface area contributed by atoms with Crippen molar-refractivity contribution >= 4 is 24.0 Å². The summed E-state index contributed by atoms with van der Waals surface area (Å²) in [5, 5.41) is 2.86. The molecule has 0 aromatic heterocycles. The highest BCUT2D eigenvalue weighted by atomic mass is 35.5. The second kappa shape index (κ2) is 10.6. The molecule has 5 nitrogen and oxygen atoms in total. The number of amides is 1. The smallest absolute Gasteiger partial charge is 0.241 e. The third-order valence-corrected chi connectivity index (χ3v) is 3.25. The lowest BCUT2D eigenvalue weighted by atomic mass is 9.87. The van der Waals surface area contributed by atoms with E-state index in [9.17, 15) is 4.79 Å². The minimum absolute atomic E-state index is 0. The Balaban J connectivity index is 0.00000484. The van der Waals surface area contributed by atoms with E-state index in [0.29, 0.717) is 26.4 Å². The summed E-state index contributed by atoms with van der Waals surface area (Å²) in [6, 6.07) is 7.03. The first kappa shape index (κ1) is 21.9. The van der Waals surface area contributed by atoms with Crippen LogP contribution < -0.4 is 11.1 Å². The van der Waals surface area contributed by atoms with Gasteiger partial charge < -0.3 is 20.5 Å². The summed E-state index contributed by atoms with van der Waals surface area (Å²) < 4.78 is 10.7. The van der Waals surface area contributed by atoms with Crippen molar-refractivity contribution < 1.29 is 14.3 Å². The Morgan fingerprint density at radius 1 is 1.26 bits per heavy atom. The van der Waals surface area contributed by atoms with Gasteiger partial charge in [-0.25, -0.2) is 0 Å². The van der Waals surface area contributed by atoms with Crippen molar-refractivity contribution in [3.8, 4) is 0 Å². The van der Waals surface area contributed by atoms with Crippen LogP contribution in [0.25, 0.3) is 0 Å². The molecule has 0 saturated carbocycles. The van der Waals surface area contributed by atoms with Gasteiger partial charge in [-0.15, -0.1) is 12.4 Å². The van der Waals surface area contributed by atoms with Gasteiger partial charge in [-0.2, -0.15) is 0 Å². The van der Waals surface area contributed by atoms with Crippen LogP contribution in [0.2, 0.25) is 0 Å². The summed E-state index contributed by atoms with van der Waals surface area (Å²) in [6.07, 6.45) is 0. The number of hydrogen-bond donors (Lipinski definition) is 2. The SMILES string of the molecule is CCOCCOCc1cccc(NC(=O)[C@@H](N)C(C)(C)C)c1.Cl. The van der Waals surface area contributed by atoms with E-state index in [1.807, 2.05) is 52.0 Å². The van der Waals surface area contributed by atoms with Gasteiger partial charge in [0.15, 0.2) is 0 Å². The van der Waals surface area contributed by atoms with E-state index in [1.54, 1.807) is 0 Å². The summed E-state index contributed by atoms with van der Waals surface area (Å²) in [4.78, 5) is 12.1. The Morgan fingerprint density at radius 3 is 2.52 bits per heavy atom. The Kier molecular flexibility index (Phi) is 10.1. The highest BCUT2D eigenvalue weighted by molar-refractivity contribution is 5.95. The first-order valence-corrected chi connectivity index (χ1v) is 7.65. The van der Waals surface area contributed by atoms with Crippen LogP contribution in [0, 0.1) is 5.41 Å². The zero-order valence-electron chi connectivity index (χ0n) is 14.4. The monoisotopic (exact) mass is 344 g/mol. The fraction of sp³-hybridized carbons (Fsp3) is 0.588. The first-order valence-electron chi connectivity index (χ1n) is 7.65. The molecular weight excluding hydrogens is 316 g/mol. The van der Waals surface area contributed by atoms with E-state index >= 15 is 0 Å². The van der Waals surface area contributed by atoms with Crippen molar-refractivity contribution in [3.05, 3.63) is 29.8 Å². The molecule has 1 aromatic rings. The Morgan fingerprint density at radius 2 is 1.91 bits per heavy atom. The summed E-state index contributed by atoms with van der Waals surface area (Å²) in [5.74, 6) is -0.179. The lowest BCUT2D eigenvalue weighted by Crippen LogP contribution is -2.45. The van der Waals surface area contributed by atoms with Gasteiger partial charge >= 0.3 is 0 Å². The van der Waals surface area contributed by atoms with Crippen molar-refractivity contribution in [1.29, 1.82) is 0 Å². The van der Waals surface area contributed by atoms with E-state index in [4.69, 9.17) is 15.2 Å². The Labute approximate surface area is 145 Å². The molecule has 0 aliphatic rings. The molecule has 1 amide bonds. The second-order valence-electron chi connectivity index (χ2n) is 6.28. The molecule has 0 fully saturated rings. The number of nitrogens with one attached hydrogen (secondary N) is 1. The van der Waals surface area contributed by atoms with Crippen molar-refractivity contribution in [2.45, 2.75) is 40.3 Å². The highest BCUT2D eigenvalue weighted by Gasteiger charge is 2.27. The summed E-state index contributed by atoms with van der Waals surface area (Å²) in [7, 11) is 0. The number of anilines is 1. The molecule has 0 saturated heterocycles. The van der Waals surface area contributed by atoms with Crippen LogP contribution in [-0.2, 0) is 20.9 Å². The maximum Gasteiger partial charge on any atom is 0.241 e. The number of halogens is 1. The van der Waals surface area contributed by atoms with E-state index in [1.165, 1.54) is 0 Å². The fourth-order valence-electron chi connectivity index (χ4n) is 1.80. The molecule has 1 aromatic carbocycles. The van der Waals surface area contributed by atoms with Crippen molar-refractivity contribution in [2.24, 2.45) is 11.1 Å². The molecule has 132 valence electrons. The van der Waals surface area contributed by atoms with Crippen LogP contribution in [0.3, 0.4) is 0 Å². The first-order chi connectivity index (χ1) is 10.3. The molecule has 0 bridgehead atoms. The molecule has 0 heterocycles. The Hall–Kier alpha value is -1.14. The Bertz CT molecular complexity index is 475. The zero-order chi connectivity index (χ0) is 16.6. The molecular formula is C17H29ClN2O3. The van der Waals surface area contributed by atoms with Crippen molar-refractivity contribution in [1.82, 2.24) is 0 Å². The molecule has 0 unspecified atom stereocenters. The zero-order valence-corrected chi connectivity index (χ0v) is 15.2. The summed E-state index contributed by atoms with van der Waals surface area (Å²) >= 11 is 0. The quantitative estimate of drug-likeness (QED) is 0.711. The second-order valence-corrected chi connectivity index (χ2v) is 6.28. The molecule has 0 aliphatic heterocycles. The number of carbonyl (C=O) groups is 1. The minimum atomic E-state index is -0.557. The number of benzene rings is 1. The van der Waals surface area contributed by atoms with Crippen molar-refractivity contribution in [2.75, 3.05) is 25.1 Å². The van der Waals surface area contributed by atoms with E-state index in [-0.39, 0.29) is 23.7 Å². The van der Waals surface area contributed by atoms with Crippen LogP contribution in [0.1, 0.15) is 33.3 Å². The standard InChI is InChI=1S/C17H28N2O3.ClH/c1-5-21-9-10-22-12-13-7-6-8-14(11-13)19-16(20)15(18)17(2,3)4;/h6-8,11,15H,5,9-10,12,18H2,1-4H3,(H,19,20);1H/t15-;/m1./s1. The van der Waals surface area contributed by atoms with E-state index in [2.05, 4.69) is 5.32 Å². The van der Waals surface area contributed by atoms with Crippen LogP contribution in [0.5, 0.6) is 0 Å². The molecule has 0 radical (unpaired) electrons. The predicted molar refractivity (Wildman–Crippen MR) is 95.9 cm³/mol. The lowest BCUT2D eigenvalue weighted by molar-refractivity contribution is -0.119. The van der Waals surface area contributed by atoms with Gasteiger partial charge in [-0.3, -0.25) is 4.79 Å². The van der Waals surface area contributed by atoms with Gasteiger partial charge in [0.1, 0.15) is 0 Å². The maximum atomic E-state index is 12.1. The average Bonchev–Trinajstić information content (AvgIpc) is 2.45. The van der Waals surface area contributed by atoms with E-state index in [0.717, 1.165) is 11.3 Å². The average molecular weight is 345 g/mol. The molecule has 1 atom stereocenters. The van der Waals surface area contributed by atoms with Gasteiger partial charge in [-0.05, 0) is 30.0 Å². The van der Waals surface area contributed by atoms with Crippen LogP contribution in [-0.4, -0.2) is 31.8 Å².